The lowest BCUT2D eigenvalue weighted by molar-refractivity contribution is -0.132. The van der Waals surface area contributed by atoms with Gasteiger partial charge >= 0.3 is 0 Å². The number of hydrogen-bond acceptors (Lipinski definition) is 3. The number of phenolic OH excluding ortho intramolecular Hbond substituents is 1. The summed E-state index contributed by atoms with van der Waals surface area (Å²) in [5.41, 5.74) is 2.26. The minimum atomic E-state index is 0.0158. The second kappa shape index (κ2) is 5.90. The van der Waals surface area contributed by atoms with Crippen molar-refractivity contribution in [3.05, 3.63) is 51.7 Å². The fraction of sp³-hybridized carbons (Fsp3) is 0.353. The fourth-order valence-corrected chi connectivity index (χ4v) is 3.95. The largest absolute Gasteiger partial charge is 0.508 e. The molecule has 0 fully saturated rings. The third kappa shape index (κ3) is 2.95. The number of hydrogen-bond donors (Lipinski definition) is 1. The van der Waals surface area contributed by atoms with Gasteiger partial charge in [-0.25, -0.2) is 0 Å². The third-order valence-corrected chi connectivity index (χ3v) is 5.08. The lowest BCUT2D eigenvalue weighted by Crippen LogP contribution is -2.32. The summed E-state index contributed by atoms with van der Waals surface area (Å²) in [7, 11) is 1.86. The Bertz CT molecular complexity index is 632. The predicted octanol–water partition coefficient (Wildman–Crippen LogP) is 3.53. The molecule has 0 aliphatic heterocycles. The van der Waals surface area contributed by atoms with Gasteiger partial charge in [-0.3, -0.25) is 4.79 Å². The molecule has 1 aliphatic carbocycles. The number of carbonyl (C=O) groups is 1. The monoisotopic (exact) mass is 301 g/mol. The predicted molar refractivity (Wildman–Crippen MR) is 84.6 cm³/mol. The highest BCUT2D eigenvalue weighted by Crippen LogP contribution is 2.36. The first kappa shape index (κ1) is 14.1. The van der Waals surface area contributed by atoms with Crippen LogP contribution in [0, 0.1) is 0 Å². The quantitative estimate of drug-likeness (QED) is 0.942. The van der Waals surface area contributed by atoms with Crippen molar-refractivity contribution in [1.82, 2.24) is 4.90 Å². The van der Waals surface area contributed by atoms with E-state index in [1.807, 2.05) is 19.2 Å². The van der Waals surface area contributed by atoms with Crippen LogP contribution < -0.4 is 0 Å². The molecule has 0 spiro atoms. The lowest BCUT2D eigenvalue weighted by Gasteiger charge is -2.27. The van der Waals surface area contributed by atoms with E-state index in [2.05, 4.69) is 11.4 Å². The van der Waals surface area contributed by atoms with Gasteiger partial charge in [0, 0.05) is 18.5 Å². The van der Waals surface area contributed by atoms with E-state index in [9.17, 15) is 9.90 Å². The highest BCUT2D eigenvalue weighted by atomic mass is 32.1. The van der Waals surface area contributed by atoms with E-state index >= 15 is 0 Å². The van der Waals surface area contributed by atoms with E-state index in [4.69, 9.17) is 0 Å². The molecule has 4 heteroatoms. The van der Waals surface area contributed by atoms with E-state index in [1.165, 1.54) is 10.4 Å². The maximum absolute atomic E-state index is 12.7. The van der Waals surface area contributed by atoms with Gasteiger partial charge in [-0.2, -0.15) is 0 Å². The average molecular weight is 301 g/mol. The van der Waals surface area contributed by atoms with Crippen molar-refractivity contribution in [1.29, 1.82) is 0 Å². The first-order chi connectivity index (χ1) is 10.1. The van der Waals surface area contributed by atoms with Gasteiger partial charge in [0.15, 0.2) is 0 Å². The van der Waals surface area contributed by atoms with Gasteiger partial charge in [0.2, 0.25) is 5.91 Å². The van der Waals surface area contributed by atoms with Crippen LogP contribution in [0.5, 0.6) is 5.75 Å². The molecule has 0 bridgehead atoms. The van der Waals surface area contributed by atoms with Gasteiger partial charge in [0.1, 0.15) is 5.75 Å². The topological polar surface area (TPSA) is 40.5 Å². The van der Waals surface area contributed by atoms with Crippen LogP contribution >= 0.6 is 11.3 Å². The molecule has 21 heavy (non-hydrogen) atoms. The number of nitrogens with zero attached hydrogens (tertiary/aromatic N) is 1. The molecular weight excluding hydrogens is 282 g/mol. The van der Waals surface area contributed by atoms with E-state index in [1.54, 1.807) is 28.4 Å². The Balaban J connectivity index is 1.72. The Kier molecular flexibility index (Phi) is 3.97. The van der Waals surface area contributed by atoms with Gasteiger partial charge in [0.05, 0.1) is 5.92 Å². The van der Waals surface area contributed by atoms with Crippen LogP contribution in [0.25, 0.3) is 0 Å². The average Bonchev–Trinajstić information content (AvgIpc) is 2.97. The van der Waals surface area contributed by atoms with Crippen molar-refractivity contribution in [2.24, 2.45) is 0 Å². The molecule has 1 atom stereocenters. The third-order valence-electron chi connectivity index (χ3n) is 4.08. The SMILES string of the molecule is CN(Cc1ccc(O)cc1)C(=O)C1CCCc2sccc21. The molecule has 0 saturated carbocycles. The molecule has 1 aromatic carbocycles. The first-order valence-electron chi connectivity index (χ1n) is 7.24. The number of rotatable bonds is 3. The van der Waals surface area contributed by atoms with Crippen LogP contribution in [-0.2, 0) is 17.8 Å². The summed E-state index contributed by atoms with van der Waals surface area (Å²) in [5, 5.41) is 11.4. The minimum Gasteiger partial charge on any atom is -0.508 e. The van der Waals surface area contributed by atoms with Gasteiger partial charge in [-0.15, -0.1) is 11.3 Å². The van der Waals surface area contributed by atoms with Gasteiger partial charge in [-0.1, -0.05) is 12.1 Å². The Morgan fingerprint density at radius 2 is 2.10 bits per heavy atom. The summed E-state index contributed by atoms with van der Waals surface area (Å²) in [5.74, 6) is 0.465. The highest BCUT2D eigenvalue weighted by molar-refractivity contribution is 7.10. The Morgan fingerprint density at radius 3 is 2.86 bits per heavy atom. The Hall–Kier alpha value is -1.81. The number of benzene rings is 1. The summed E-state index contributed by atoms with van der Waals surface area (Å²) >= 11 is 1.77. The summed E-state index contributed by atoms with van der Waals surface area (Å²) in [6.07, 6.45) is 3.15. The number of likely N-dealkylation sites (N-methyl/N-ethyl adjacent to an activating group) is 1. The second-order valence-corrected chi connectivity index (χ2v) is 6.61. The molecular formula is C17H19NO2S. The molecule has 3 nitrogen and oxygen atoms in total. The zero-order chi connectivity index (χ0) is 14.8. The number of amides is 1. The van der Waals surface area contributed by atoms with Gasteiger partial charge in [0.25, 0.3) is 0 Å². The van der Waals surface area contributed by atoms with Crippen LogP contribution in [0.1, 0.15) is 34.8 Å². The molecule has 1 heterocycles. The smallest absolute Gasteiger partial charge is 0.230 e. The van der Waals surface area contributed by atoms with Crippen LogP contribution in [0.2, 0.25) is 0 Å². The number of carbonyl (C=O) groups excluding carboxylic acids is 1. The minimum absolute atomic E-state index is 0.0158. The molecule has 1 amide bonds. The highest BCUT2D eigenvalue weighted by Gasteiger charge is 2.29. The van der Waals surface area contributed by atoms with E-state index in [0.717, 1.165) is 24.8 Å². The molecule has 0 saturated heterocycles. The van der Waals surface area contributed by atoms with Gasteiger partial charge < -0.3 is 10.0 Å². The maximum atomic E-state index is 12.7. The van der Waals surface area contributed by atoms with Crippen molar-refractivity contribution in [2.75, 3.05) is 7.05 Å². The molecule has 2 aromatic rings. The number of fused-ring (bicyclic) bond motifs is 1. The Morgan fingerprint density at radius 1 is 1.33 bits per heavy atom. The van der Waals surface area contributed by atoms with E-state index in [0.29, 0.717) is 6.54 Å². The maximum Gasteiger partial charge on any atom is 0.230 e. The lowest BCUT2D eigenvalue weighted by atomic mass is 9.87. The normalized spacial score (nSPS) is 17.3. The standard InChI is InChI=1S/C17H19NO2S/c1-18(11-12-5-7-13(19)8-6-12)17(20)15-3-2-4-16-14(15)9-10-21-16/h5-10,15,19H,2-4,11H2,1H3. The molecule has 1 aliphatic rings. The second-order valence-electron chi connectivity index (χ2n) is 5.60. The van der Waals surface area contributed by atoms with Crippen molar-refractivity contribution < 1.29 is 9.90 Å². The summed E-state index contributed by atoms with van der Waals surface area (Å²) in [6, 6.07) is 9.14. The van der Waals surface area contributed by atoms with Crippen molar-refractivity contribution in [3.8, 4) is 5.75 Å². The van der Waals surface area contributed by atoms with Crippen LogP contribution in [0.4, 0.5) is 0 Å². The fourth-order valence-electron chi connectivity index (χ4n) is 2.96. The van der Waals surface area contributed by atoms with Gasteiger partial charge in [-0.05, 0) is 54.0 Å². The zero-order valence-electron chi connectivity index (χ0n) is 12.1. The van der Waals surface area contributed by atoms with Crippen LogP contribution in [0.15, 0.2) is 35.7 Å². The molecule has 0 radical (unpaired) electrons. The van der Waals surface area contributed by atoms with E-state index < -0.39 is 0 Å². The first-order valence-corrected chi connectivity index (χ1v) is 8.12. The Labute approximate surface area is 128 Å². The molecule has 3 rings (SSSR count). The van der Waals surface area contributed by atoms with Crippen molar-refractivity contribution in [2.45, 2.75) is 31.7 Å². The molecule has 1 N–H and O–H groups in total. The number of thiophene rings is 1. The number of phenols is 1. The molecule has 1 aromatic heterocycles. The summed E-state index contributed by atoms with van der Waals surface area (Å²) in [4.78, 5) is 15.9. The van der Waals surface area contributed by atoms with Crippen LogP contribution in [-0.4, -0.2) is 23.0 Å². The molecule has 110 valence electrons. The summed E-state index contributed by atoms with van der Waals surface area (Å²) in [6.45, 7) is 0.578. The van der Waals surface area contributed by atoms with Crippen molar-refractivity contribution >= 4 is 17.2 Å². The van der Waals surface area contributed by atoms with E-state index in [-0.39, 0.29) is 17.6 Å². The van der Waals surface area contributed by atoms with Crippen molar-refractivity contribution in [3.63, 3.8) is 0 Å². The number of aryl methyl sites for hydroxylation is 1. The van der Waals surface area contributed by atoms with Crippen LogP contribution in [0.3, 0.4) is 0 Å². The molecule has 1 unspecified atom stereocenters. The number of aromatic hydroxyl groups is 1. The zero-order valence-corrected chi connectivity index (χ0v) is 12.9. The summed E-state index contributed by atoms with van der Waals surface area (Å²) < 4.78 is 0.